The molecule has 0 bridgehead atoms. The number of aliphatic imine (C=N–C) groups is 2. The molecule has 0 radical (unpaired) electrons. The molecule has 2 aliphatic rings. The number of hydrogen-bond donors (Lipinski definition) is 1. The highest BCUT2D eigenvalue weighted by Gasteiger charge is 2.41. The number of rotatable bonds is 6. The molecule has 2 heterocycles. The molecule has 2 aromatic carbocycles. The number of para-hydroxylation sites is 2. The van der Waals surface area contributed by atoms with Crippen molar-refractivity contribution in [1.29, 1.82) is 0 Å². The van der Waals surface area contributed by atoms with Crippen LogP contribution in [0.25, 0.3) is 0 Å². The van der Waals surface area contributed by atoms with Crippen molar-refractivity contribution in [3.8, 4) is 0 Å². The predicted molar refractivity (Wildman–Crippen MR) is 127 cm³/mol. The molecule has 6 nitrogen and oxygen atoms in total. The molecule has 0 fully saturated rings. The number of fused-ring (bicyclic) bond motifs is 3. The number of aryl methyl sites for hydroxylation is 1. The lowest BCUT2D eigenvalue weighted by Gasteiger charge is -2.25. The number of hydrogen-bond acceptors (Lipinski definition) is 5. The molecule has 0 unspecified atom stereocenters. The number of thioether (sulfide) groups is 1. The average molecular weight is 435 g/mol. The van der Waals surface area contributed by atoms with Crippen molar-refractivity contribution in [3.63, 3.8) is 0 Å². The number of anilines is 1. The van der Waals surface area contributed by atoms with E-state index in [-0.39, 0.29) is 17.6 Å². The van der Waals surface area contributed by atoms with Crippen molar-refractivity contribution in [2.45, 2.75) is 39.7 Å². The van der Waals surface area contributed by atoms with E-state index in [0.717, 1.165) is 28.9 Å². The first-order chi connectivity index (χ1) is 15.0. The average Bonchev–Trinajstić information content (AvgIpc) is 3.08. The maximum Gasteiger partial charge on any atom is 0.259 e. The summed E-state index contributed by atoms with van der Waals surface area (Å²) in [7, 11) is 0. The van der Waals surface area contributed by atoms with Gasteiger partial charge in [-0.1, -0.05) is 62.9 Å². The molecule has 0 saturated heterocycles. The Balaban J connectivity index is 1.54. The quantitative estimate of drug-likeness (QED) is 0.721. The number of benzene rings is 2. The van der Waals surface area contributed by atoms with Crippen molar-refractivity contribution in [2.24, 2.45) is 15.9 Å². The standard InChI is InChI=1S/C24H26N4O2S/c1-4-16-9-5-7-11-18(16)25-21(29)14-31-24-27-19-12-8-6-10-17(19)22-26-20(13-15(2)3)23(30)28(22)24/h5-12,15,20H,4,13-14H2,1-3H3,(H,25,29)/t20-/m1/s1. The fraction of sp³-hybridized carbons (Fsp3) is 0.333. The van der Waals surface area contributed by atoms with Gasteiger partial charge in [-0.3, -0.25) is 14.6 Å². The highest BCUT2D eigenvalue weighted by atomic mass is 32.2. The highest BCUT2D eigenvalue weighted by Crippen LogP contribution is 2.34. The monoisotopic (exact) mass is 434 g/mol. The van der Waals surface area contributed by atoms with E-state index < -0.39 is 6.04 Å². The lowest BCUT2D eigenvalue weighted by molar-refractivity contribution is -0.125. The smallest absolute Gasteiger partial charge is 0.259 e. The third kappa shape index (κ3) is 4.42. The van der Waals surface area contributed by atoms with Gasteiger partial charge in [-0.05, 0) is 42.5 Å². The number of carbonyl (C=O) groups is 2. The Labute approximate surface area is 186 Å². The van der Waals surface area contributed by atoms with Gasteiger partial charge in [-0.25, -0.2) is 9.89 Å². The third-order valence-corrected chi connectivity index (χ3v) is 6.19. The van der Waals surface area contributed by atoms with Crippen molar-refractivity contribution in [2.75, 3.05) is 11.1 Å². The van der Waals surface area contributed by atoms with Gasteiger partial charge in [0.05, 0.1) is 11.4 Å². The van der Waals surface area contributed by atoms with Crippen LogP contribution in [0, 0.1) is 5.92 Å². The molecule has 0 spiro atoms. The molecule has 7 heteroatoms. The summed E-state index contributed by atoms with van der Waals surface area (Å²) in [6.45, 7) is 6.23. The second-order valence-electron chi connectivity index (χ2n) is 8.03. The number of carbonyl (C=O) groups excluding carboxylic acids is 2. The number of nitrogens with zero attached hydrogens (tertiary/aromatic N) is 3. The van der Waals surface area contributed by atoms with Crippen LogP contribution in [0.5, 0.6) is 0 Å². The first-order valence-electron chi connectivity index (χ1n) is 10.6. The van der Waals surface area contributed by atoms with E-state index in [1.54, 1.807) is 4.90 Å². The zero-order valence-electron chi connectivity index (χ0n) is 18.0. The van der Waals surface area contributed by atoms with Gasteiger partial charge in [0.1, 0.15) is 11.9 Å². The zero-order valence-corrected chi connectivity index (χ0v) is 18.8. The molecule has 160 valence electrons. The second-order valence-corrected chi connectivity index (χ2v) is 8.97. The van der Waals surface area contributed by atoms with Crippen molar-refractivity contribution in [1.82, 2.24) is 4.90 Å². The van der Waals surface area contributed by atoms with Gasteiger partial charge in [0.15, 0.2) is 5.17 Å². The Kier molecular flexibility index (Phi) is 6.23. The van der Waals surface area contributed by atoms with Crippen molar-refractivity contribution in [3.05, 3.63) is 59.7 Å². The van der Waals surface area contributed by atoms with Crippen LogP contribution in [0.3, 0.4) is 0 Å². The molecule has 0 aromatic heterocycles. The normalized spacial score (nSPS) is 17.2. The van der Waals surface area contributed by atoms with Crippen molar-refractivity contribution < 1.29 is 9.59 Å². The first kappa shape index (κ1) is 21.3. The summed E-state index contributed by atoms with van der Waals surface area (Å²) >= 11 is 1.27. The number of amidine groups is 2. The summed E-state index contributed by atoms with van der Waals surface area (Å²) in [5.74, 6) is 0.954. The van der Waals surface area contributed by atoms with E-state index in [2.05, 4.69) is 31.1 Å². The van der Waals surface area contributed by atoms with Crippen molar-refractivity contribution >= 4 is 46.0 Å². The van der Waals surface area contributed by atoms with Crippen LogP contribution in [-0.4, -0.2) is 39.5 Å². The Morgan fingerprint density at radius 2 is 1.90 bits per heavy atom. The number of amides is 2. The van der Waals surface area contributed by atoms with E-state index in [1.807, 2.05) is 48.5 Å². The minimum Gasteiger partial charge on any atom is -0.325 e. The van der Waals surface area contributed by atoms with E-state index >= 15 is 0 Å². The molecule has 2 aliphatic heterocycles. The largest absolute Gasteiger partial charge is 0.325 e. The minimum absolute atomic E-state index is 0.0683. The Bertz CT molecular complexity index is 1080. The zero-order chi connectivity index (χ0) is 22.0. The van der Waals surface area contributed by atoms with E-state index in [0.29, 0.717) is 23.3 Å². The van der Waals surface area contributed by atoms with E-state index in [1.165, 1.54) is 11.8 Å². The van der Waals surface area contributed by atoms with E-state index in [4.69, 9.17) is 4.99 Å². The second kappa shape index (κ2) is 9.06. The maximum absolute atomic E-state index is 13.1. The van der Waals surface area contributed by atoms with Crippen LogP contribution in [-0.2, 0) is 16.0 Å². The SMILES string of the molecule is CCc1ccccc1NC(=O)CSC1=Nc2ccccc2C2=N[C@H](CC(C)C)C(=O)N12. The van der Waals surface area contributed by atoms with Crippen LogP contribution in [0.4, 0.5) is 11.4 Å². The highest BCUT2D eigenvalue weighted by molar-refractivity contribution is 8.14. The maximum atomic E-state index is 13.1. The molecule has 1 N–H and O–H groups in total. The van der Waals surface area contributed by atoms with E-state index in [9.17, 15) is 9.59 Å². The van der Waals surface area contributed by atoms with Crippen LogP contribution in [0.1, 0.15) is 38.3 Å². The fourth-order valence-electron chi connectivity index (χ4n) is 3.77. The molecule has 0 saturated carbocycles. The van der Waals surface area contributed by atoms with Gasteiger partial charge in [-0.15, -0.1) is 0 Å². The molecule has 31 heavy (non-hydrogen) atoms. The summed E-state index contributed by atoms with van der Waals surface area (Å²) < 4.78 is 0. The van der Waals surface area contributed by atoms with Crippen LogP contribution in [0.15, 0.2) is 58.5 Å². The Hall–Kier alpha value is -2.93. The Morgan fingerprint density at radius 3 is 2.68 bits per heavy atom. The molecule has 1 atom stereocenters. The molecule has 2 amide bonds. The molecular formula is C24H26N4O2S. The lowest BCUT2D eigenvalue weighted by atomic mass is 10.0. The topological polar surface area (TPSA) is 74.1 Å². The van der Waals surface area contributed by atoms with Gasteiger partial charge >= 0.3 is 0 Å². The van der Waals surface area contributed by atoms with Gasteiger partial charge in [0.2, 0.25) is 5.91 Å². The van der Waals surface area contributed by atoms with Crippen LogP contribution >= 0.6 is 11.8 Å². The predicted octanol–water partition coefficient (Wildman–Crippen LogP) is 4.63. The third-order valence-electron chi connectivity index (χ3n) is 5.25. The Morgan fingerprint density at radius 1 is 1.16 bits per heavy atom. The summed E-state index contributed by atoms with van der Waals surface area (Å²) in [4.78, 5) is 36.8. The van der Waals surface area contributed by atoms with Gasteiger partial charge < -0.3 is 5.32 Å². The van der Waals surface area contributed by atoms with Gasteiger partial charge in [0, 0.05) is 11.3 Å². The summed E-state index contributed by atoms with van der Waals surface area (Å²) in [6, 6.07) is 15.1. The summed E-state index contributed by atoms with van der Waals surface area (Å²) in [5.41, 5.74) is 3.54. The number of nitrogens with one attached hydrogen (secondary N) is 1. The molecule has 4 rings (SSSR count). The van der Waals surface area contributed by atoms with Crippen LogP contribution in [0.2, 0.25) is 0 Å². The first-order valence-corrected chi connectivity index (χ1v) is 11.6. The van der Waals surface area contributed by atoms with Gasteiger partial charge in [0.25, 0.3) is 5.91 Å². The van der Waals surface area contributed by atoms with Crippen LogP contribution < -0.4 is 5.32 Å². The summed E-state index contributed by atoms with van der Waals surface area (Å²) in [6.07, 6.45) is 1.53. The minimum atomic E-state index is -0.405. The molecule has 0 aliphatic carbocycles. The molecular weight excluding hydrogens is 408 g/mol. The fourth-order valence-corrected chi connectivity index (χ4v) is 4.57. The summed E-state index contributed by atoms with van der Waals surface area (Å²) in [5, 5.41) is 3.48. The lowest BCUT2D eigenvalue weighted by Crippen LogP contribution is -2.41. The molecule has 2 aromatic rings. The van der Waals surface area contributed by atoms with Gasteiger partial charge in [-0.2, -0.15) is 0 Å².